The van der Waals surface area contributed by atoms with Gasteiger partial charge in [0.2, 0.25) is 0 Å². The molecule has 1 aliphatic carbocycles. The quantitative estimate of drug-likeness (QED) is 0.664. The average molecular weight is 298 g/mol. The van der Waals surface area contributed by atoms with Gasteiger partial charge in [0.1, 0.15) is 0 Å². The molecule has 2 nitrogen and oxygen atoms in total. The topological polar surface area (TPSA) is 21.3 Å². The Kier molecular flexibility index (Phi) is 5.01. The van der Waals surface area contributed by atoms with E-state index < -0.39 is 0 Å². The van der Waals surface area contributed by atoms with Gasteiger partial charge < -0.3 is 4.74 Å². The lowest BCUT2D eigenvalue weighted by Gasteiger charge is -2.23. The fraction of sp³-hybridized carbons (Fsp3) is 0.571. The molecule has 1 unspecified atom stereocenters. The van der Waals surface area contributed by atoms with Crippen molar-refractivity contribution in [3.8, 4) is 0 Å². The minimum atomic E-state index is 0.355. The summed E-state index contributed by atoms with van der Waals surface area (Å²) in [6.07, 6.45) is 4.01. The van der Waals surface area contributed by atoms with Crippen molar-refractivity contribution in [2.24, 2.45) is 0 Å². The van der Waals surface area contributed by atoms with Crippen LogP contribution in [0.15, 0.2) is 30.3 Å². The Balaban J connectivity index is 1.82. The minimum Gasteiger partial charge on any atom is -0.372 e. The molecule has 2 rings (SSSR count). The van der Waals surface area contributed by atoms with Gasteiger partial charge in [-0.25, -0.2) is 0 Å². The number of rotatable bonds is 5. The molecule has 3 heteroatoms. The molecular weight excluding hydrogens is 278 g/mol. The number of hydrogen-bond donors (Lipinski definition) is 1. The predicted molar refractivity (Wildman–Crippen MR) is 74.2 cm³/mol. The molecule has 0 aromatic heterocycles. The molecule has 0 bridgehead atoms. The fourth-order valence-corrected chi connectivity index (χ4v) is 2.73. The van der Waals surface area contributed by atoms with Crippen molar-refractivity contribution in [2.75, 3.05) is 0 Å². The zero-order valence-corrected chi connectivity index (χ0v) is 11.8. The van der Waals surface area contributed by atoms with Gasteiger partial charge in [-0.1, -0.05) is 46.3 Å². The summed E-state index contributed by atoms with van der Waals surface area (Å²) in [4.78, 5) is 0.355. The summed E-state index contributed by atoms with van der Waals surface area (Å²) in [5.41, 5.74) is 1.25. The Morgan fingerprint density at radius 1 is 1.35 bits per heavy atom. The number of halogens is 1. The van der Waals surface area contributed by atoms with Crippen molar-refractivity contribution in [2.45, 2.75) is 49.9 Å². The van der Waals surface area contributed by atoms with Crippen LogP contribution in [-0.2, 0) is 11.3 Å². The summed E-state index contributed by atoms with van der Waals surface area (Å²) in [5.74, 6) is 0. The predicted octanol–water partition coefficient (Wildman–Crippen LogP) is 3.45. The van der Waals surface area contributed by atoms with Gasteiger partial charge in [0.05, 0.1) is 17.7 Å². The maximum absolute atomic E-state index is 6.02. The highest BCUT2D eigenvalue weighted by Gasteiger charge is 2.28. The third-order valence-corrected chi connectivity index (χ3v) is 3.47. The molecule has 1 aromatic rings. The van der Waals surface area contributed by atoms with Gasteiger partial charge in [-0.15, -0.1) is 0 Å². The van der Waals surface area contributed by atoms with Gasteiger partial charge in [-0.05, 0) is 31.7 Å². The lowest BCUT2D eigenvalue weighted by Crippen LogP contribution is -2.40. The second kappa shape index (κ2) is 6.53. The first-order valence-electron chi connectivity index (χ1n) is 6.31. The molecule has 1 fully saturated rings. The number of hydrogen-bond acceptors (Lipinski definition) is 2. The second-order valence-corrected chi connectivity index (χ2v) is 6.03. The Morgan fingerprint density at radius 3 is 2.82 bits per heavy atom. The van der Waals surface area contributed by atoms with E-state index in [1.807, 2.05) is 6.07 Å². The van der Waals surface area contributed by atoms with Crippen LogP contribution in [0.4, 0.5) is 0 Å². The molecular formula is C14H20BrNO. The number of alkyl halides is 1. The molecule has 17 heavy (non-hydrogen) atoms. The van der Waals surface area contributed by atoms with Crippen molar-refractivity contribution in [1.82, 2.24) is 5.32 Å². The fourth-order valence-electron chi connectivity index (χ4n) is 2.39. The molecule has 0 saturated heterocycles. The monoisotopic (exact) mass is 297 g/mol. The standard InChI is InChI=1S/C14H20BrNO/c1-11(15)16-13-8-5-9-14(13)17-10-12-6-3-2-4-7-12/h2-4,6-7,11,13-14,16H,5,8-10H2,1H3/t11?,13-,14-/m0/s1. The molecule has 1 aliphatic rings. The molecule has 0 heterocycles. The van der Waals surface area contributed by atoms with Crippen molar-refractivity contribution in [3.63, 3.8) is 0 Å². The molecule has 0 aliphatic heterocycles. The van der Waals surface area contributed by atoms with Crippen LogP contribution in [0.3, 0.4) is 0 Å². The summed E-state index contributed by atoms with van der Waals surface area (Å²) < 4.78 is 6.02. The number of ether oxygens (including phenoxy) is 1. The van der Waals surface area contributed by atoms with Crippen molar-refractivity contribution in [1.29, 1.82) is 0 Å². The first-order valence-corrected chi connectivity index (χ1v) is 7.23. The smallest absolute Gasteiger partial charge is 0.0732 e. The van der Waals surface area contributed by atoms with Crippen LogP contribution >= 0.6 is 15.9 Å². The SMILES string of the molecule is CC(Br)N[C@H]1CCC[C@@H]1OCc1ccccc1. The maximum Gasteiger partial charge on any atom is 0.0732 e. The summed E-state index contributed by atoms with van der Waals surface area (Å²) in [5, 5.41) is 3.52. The molecule has 94 valence electrons. The van der Waals surface area contributed by atoms with Crippen LogP contribution < -0.4 is 5.32 Å². The Labute approximate surface area is 112 Å². The Bertz CT molecular complexity index is 328. The van der Waals surface area contributed by atoms with E-state index in [9.17, 15) is 0 Å². The van der Waals surface area contributed by atoms with Gasteiger partial charge in [-0.3, -0.25) is 5.32 Å². The first kappa shape index (κ1) is 13.1. The third-order valence-electron chi connectivity index (χ3n) is 3.20. The van der Waals surface area contributed by atoms with Crippen LogP contribution in [0.25, 0.3) is 0 Å². The molecule has 0 spiro atoms. The molecule has 1 aromatic carbocycles. The molecule has 3 atom stereocenters. The number of benzene rings is 1. The van der Waals surface area contributed by atoms with Crippen molar-refractivity contribution in [3.05, 3.63) is 35.9 Å². The molecule has 1 N–H and O–H groups in total. The second-order valence-electron chi connectivity index (χ2n) is 4.66. The first-order chi connectivity index (χ1) is 8.25. The Morgan fingerprint density at radius 2 is 2.12 bits per heavy atom. The van der Waals surface area contributed by atoms with Crippen molar-refractivity contribution >= 4 is 15.9 Å². The normalized spacial score (nSPS) is 26.0. The highest BCUT2D eigenvalue weighted by molar-refractivity contribution is 9.09. The van der Waals surface area contributed by atoms with Gasteiger partial charge in [0.15, 0.2) is 0 Å². The minimum absolute atomic E-state index is 0.355. The van der Waals surface area contributed by atoms with Gasteiger partial charge >= 0.3 is 0 Å². The van der Waals surface area contributed by atoms with E-state index in [4.69, 9.17) is 4.74 Å². The maximum atomic E-state index is 6.02. The van der Waals surface area contributed by atoms with Gasteiger partial charge in [-0.2, -0.15) is 0 Å². The zero-order chi connectivity index (χ0) is 12.1. The van der Waals surface area contributed by atoms with Gasteiger partial charge in [0.25, 0.3) is 0 Å². The summed E-state index contributed by atoms with van der Waals surface area (Å²) in [7, 11) is 0. The van der Waals surface area contributed by atoms with E-state index in [1.54, 1.807) is 0 Å². The zero-order valence-electron chi connectivity index (χ0n) is 10.2. The van der Waals surface area contributed by atoms with Gasteiger partial charge in [0, 0.05) is 6.04 Å². The highest BCUT2D eigenvalue weighted by Crippen LogP contribution is 2.24. The van der Waals surface area contributed by atoms with E-state index in [1.165, 1.54) is 24.8 Å². The lowest BCUT2D eigenvalue weighted by atomic mass is 10.2. The molecule has 0 amide bonds. The summed E-state index contributed by atoms with van der Waals surface area (Å²) in [6.45, 7) is 2.84. The van der Waals surface area contributed by atoms with E-state index in [2.05, 4.69) is 52.4 Å². The summed E-state index contributed by atoms with van der Waals surface area (Å²) >= 11 is 3.54. The van der Waals surface area contributed by atoms with E-state index in [0.717, 1.165) is 6.61 Å². The Hall–Kier alpha value is -0.380. The van der Waals surface area contributed by atoms with E-state index in [0.29, 0.717) is 17.1 Å². The largest absolute Gasteiger partial charge is 0.372 e. The number of nitrogens with one attached hydrogen (secondary N) is 1. The average Bonchev–Trinajstić information content (AvgIpc) is 2.74. The van der Waals surface area contributed by atoms with E-state index >= 15 is 0 Å². The molecule has 0 radical (unpaired) electrons. The third kappa shape index (κ3) is 4.09. The highest BCUT2D eigenvalue weighted by atomic mass is 79.9. The van der Waals surface area contributed by atoms with Crippen LogP contribution in [0.2, 0.25) is 0 Å². The van der Waals surface area contributed by atoms with E-state index in [-0.39, 0.29) is 0 Å². The van der Waals surface area contributed by atoms with Crippen LogP contribution in [0.5, 0.6) is 0 Å². The summed E-state index contributed by atoms with van der Waals surface area (Å²) in [6, 6.07) is 10.9. The van der Waals surface area contributed by atoms with Crippen molar-refractivity contribution < 1.29 is 4.74 Å². The van der Waals surface area contributed by atoms with Crippen LogP contribution in [0, 0.1) is 0 Å². The van der Waals surface area contributed by atoms with Crippen LogP contribution in [0.1, 0.15) is 31.7 Å². The lowest BCUT2D eigenvalue weighted by molar-refractivity contribution is 0.0278. The molecule has 1 saturated carbocycles. The van der Waals surface area contributed by atoms with Crippen LogP contribution in [-0.4, -0.2) is 17.1 Å².